The Balaban J connectivity index is 1.72. The number of fused-ring (bicyclic) bond motifs is 1. The molecular formula is C18H20F5N5O2. The number of amides is 2. The van der Waals surface area contributed by atoms with E-state index in [4.69, 9.17) is 5.73 Å². The Kier molecular flexibility index (Phi) is 6.25. The maximum Gasteiger partial charge on any atom is 0.391 e. The number of carbonyl (C=O) groups is 2. The van der Waals surface area contributed by atoms with E-state index in [1.165, 1.54) is 6.07 Å². The highest BCUT2D eigenvalue weighted by Crippen LogP contribution is 2.26. The van der Waals surface area contributed by atoms with Gasteiger partial charge in [0, 0.05) is 37.4 Å². The molecule has 0 unspecified atom stereocenters. The first-order valence-corrected chi connectivity index (χ1v) is 9.27. The SMILES string of the molecule is N[C@@H](CC(=O)N1CCCNC(=O)[C@H]1CC(F)(F)F)Cc1n[nH]c2c(F)c(F)ccc12. The smallest absolute Gasteiger partial charge is 0.354 e. The Morgan fingerprint density at radius 3 is 2.77 bits per heavy atom. The quantitative estimate of drug-likeness (QED) is 0.626. The van der Waals surface area contributed by atoms with Gasteiger partial charge in [-0.2, -0.15) is 18.3 Å². The average molecular weight is 433 g/mol. The summed E-state index contributed by atoms with van der Waals surface area (Å²) in [5.74, 6) is -3.69. The molecule has 2 atom stereocenters. The third-order valence-electron chi connectivity index (χ3n) is 4.90. The molecule has 1 saturated heterocycles. The molecule has 2 heterocycles. The summed E-state index contributed by atoms with van der Waals surface area (Å²) in [4.78, 5) is 25.6. The highest BCUT2D eigenvalue weighted by molar-refractivity contribution is 5.88. The van der Waals surface area contributed by atoms with Gasteiger partial charge in [0.15, 0.2) is 11.6 Å². The van der Waals surface area contributed by atoms with Crippen molar-refractivity contribution >= 4 is 22.7 Å². The number of halogens is 5. The minimum absolute atomic E-state index is 0.000780. The van der Waals surface area contributed by atoms with Crippen LogP contribution in [0, 0.1) is 11.6 Å². The van der Waals surface area contributed by atoms with Gasteiger partial charge in [0.25, 0.3) is 0 Å². The zero-order chi connectivity index (χ0) is 22.1. The molecule has 0 radical (unpaired) electrons. The molecule has 1 aromatic carbocycles. The van der Waals surface area contributed by atoms with E-state index < -0.39 is 48.1 Å². The average Bonchev–Trinajstić information content (AvgIpc) is 2.96. The highest BCUT2D eigenvalue weighted by Gasteiger charge is 2.41. The highest BCUT2D eigenvalue weighted by atomic mass is 19.4. The van der Waals surface area contributed by atoms with Crippen LogP contribution < -0.4 is 11.1 Å². The van der Waals surface area contributed by atoms with Crippen molar-refractivity contribution in [2.75, 3.05) is 13.1 Å². The summed E-state index contributed by atoms with van der Waals surface area (Å²) in [5, 5.41) is 8.94. The van der Waals surface area contributed by atoms with Crippen LogP contribution in [0.4, 0.5) is 22.0 Å². The number of nitrogens with zero attached hydrogens (tertiary/aromatic N) is 2. The maximum atomic E-state index is 13.8. The van der Waals surface area contributed by atoms with Gasteiger partial charge in [-0.25, -0.2) is 8.78 Å². The van der Waals surface area contributed by atoms with Gasteiger partial charge < -0.3 is 16.0 Å². The minimum Gasteiger partial charge on any atom is -0.354 e. The Labute approximate surface area is 167 Å². The first-order valence-electron chi connectivity index (χ1n) is 9.27. The predicted molar refractivity (Wildman–Crippen MR) is 96.1 cm³/mol. The van der Waals surface area contributed by atoms with Crippen LogP contribution in [-0.4, -0.2) is 58.3 Å². The summed E-state index contributed by atoms with van der Waals surface area (Å²) in [6, 6.07) is -0.254. The van der Waals surface area contributed by atoms with Crippen molar-refractivity contribution in [2.24, 2.45) is 5.73 Å². The largest absolute Gasteiger partial charge is 0.391 e. The van der Waals surface area contributed by atoms with Crippen LogP contribution >= 0.6 is 0 Å². The Morgan fingerprint density at radius 1 is 1.33 bits per heavy atom. The molecule has 0 aliphatic carbocycles. The lowest BCUT2D eigenvalue weighted by Crippen LogP contribution is -2.50. The van der Waals surface area contributed by atoms with Gasteiger partial charge in [0.2, 0.25) is 11.8 Å². The van der Waals surface area contributed by atoms with E-state index in [-0.39, 0.29) is 31.4 Å². The second-order valence-corrected chi connectivity index (χ2v) is 7.19. The number of rotatable bonds is 5. The lowest BCUT2D eigenvalue weighted by atomic mass is 10.0. The molecule has 1 aromatic heterocycles. The van der Waals surface area contributed by atoms with E-state index in [1.807, 2.05) is 0 Å². The summed E-state index contributed by atoms with van der Waals surface area (Å²) >= 11 is 0. The summed E-state index contributed by atoms with van der Waals surface area (Å²) < 4.78 is 65.8. The maximum absolute atomic E-state index is 13.8. The molecule has 30 heavy (non-hydrogen) atoms. The number of carbonyl (C=O) groups excluding carboxylic acids is 2. The summed E-state index contributed by atoms with van der Waals surface area (Å²) in [6.45, 7) is 0.158. The molecule has 1 aliphatic heterocycles. The van der Waals surface area contributed by atoms with Crippen molar-refractivity contribution in [3.63, 3.8) is 0 Å². The van der Waals surface area contributed by atoms with Crippen LogP contribution in [0.15, 0.2) is 12.1 Å². The van der Waals surface area contributed by atoms with E-state index in [2.05, 4.69) is 15.5 Å². The van der Waals surface area contributed by atoms with Crippen molar-refractivity contribution in [2.45, 2.75) is 43.9 Å². The second-order valence-electron chi connectivity index (χ2n) is 7.19. The van der Waals surface area contributed by atoms with Crippen molar-refractivity contribution < 1.29 is 31.5 Å². The van der Waals surface area contributed by atoms with Gasteiger partial charge in [0.1, 0.15) is 11.6 Å². The number of aromatic amines is 1. The topological polar surface area (TPSA) is 104 Å². The molecule has 7 nitrogen and oxygen atoms in total. The molecule has 4 N–H and O–H groups in total. The molecule has 164 valence electrons. The van der Waals surface area contributed by atoms with Gasteiger partial charge in [-0.15, -0.1) is 0 Å². The molecule has 0 bridgehead atoms. The third kappa shape index (κ3) is 4.86. The van der Waals surface area contributed by atoms with Crippen LogP contribution in [0.2, 0.25) is 0 Å². The zero-order valence-electron chi connectivity index (χ0n) is 15.7. The predicted octanol–water partition coefficient (Wildman–Crippen LogP) is 1.77. The zero-order valence-corrected chi connectivity index (χ0v) is 15.7. The third-order valence-corrected chi connectivity index (χ3v) is 4.90. The summed E-state index contributed by atoms with van der Waals surface area (Å²) in [6.07, 6.45) is -6.09. The molecular weight excluding hydrogens is 413 g/mol. The normalized spacial score (nSPS) is 18.9. The number of benzene rings is 1. The fourth-order valence-corrected chi connectivity index (χ4v) is 3.50. The van der Waals surface area contributed by atoms with E-state index in [1.54, 1.807) is 0 Å². The first kappa shape index (κ1) is 21.9. The van der Waals surface area contributed by atoms with Gasteiger partial charge in [-0.3, -0.25) is 14.7 Å². The van der Waals surface area contributed by atoms with Gasteiger partial charge in [0.05, 0.1) is 12.1 Å². The lowest BCUT2D eigenvalue weighted by molar-refractivity contribution is -0.161. The van der Waals surface area contributed by atoms with E-state index >= 15 is 0 Å². The van der Waals surface area contributed by atoms with Gasteiger partial charge in [-0.05, 0) is 18.6 Å². The lowest BCUT2D eigenvalue weighted by Gasteiger charge is -2.30. The molecule has 3 rings (SSSR count). The molecule has 2 aromatic rings. The van der Waals surface area contributed by atoms with Crippen LogP contribution in [0.1, 0.15) is 25.0 Å². The van der Waals surface area contributed by atoms with Gasteiger partial charge >= 0.3 is 6.18 Å². The Hall–Kier alpha value is -2.76. The first-order chi connectivity index (χ1) is 14.1. The summed E-state index contributed by atoms with van der Waals surface area (Å²) in [5.41, 5.74) is 6.14. The standard InChI is InChI=1S/C18H20F5N5O2/c19-11-3-2-10-12(26-27-16(10)15(11)20)6-9(24)7-14(29)28-5-1-4-25-17(30)13(28)8-18(21,22)23/h2-3,9,13H,1,4-8,24H2,(H,25,30)(H,26,27)/t9-,13-/m1/s1. The van der Waals surface area contributed by atoms with Crippen molar-refractivity contribution in [3.8, 4) is 0 Å². The number of alkyl halides is 3. The molecule has 0 spiro atoms. The Bertz CT molecular complexity index is 945. The van der Waals surface area contributed by atoms with Crippen molar-refractivity contribution in [3.05, 3.63) is 29.5 Å². The van der Waals surface area contributed by atoms with Crippen molar-refractivity contribution in [1.82, 2.24) is 20.4 Å². The van der Waals surface area contributed by atoms with Gasteiger partial charge in [-0.1, -0.05) is 0 Å². The fraction of sp³-hybridized carbons (Fsp3) is 0.500. The number of nitrogens with one attached hydrogen (secondary N) is 2. The minimum atomic E-state index is -4.62. The fourth-order valence-electron chi connectivity index (χ4n) is 3.50. The van der Waals surface area contributed by atoms with Crippen LogP contribution in [-0.2, 0) is 16.0 Å². The summed E-state index contributed by atoms with van der Waals surface area (Å²) in [7, 11) is 0. The molecule has 1 aliphatic rings. The van der Waals surface area contributed by atoms with Crippen LogP contribution in [0.3, 0.4) is 0 Å². The molecule has 2 amide bonds. The van der Waals surface area contributed by atoms with E-state index in [0.29, 0.717) is 17.5 Å². The van der Waals surface area contributed by atoms with E-state index in [9.17, 15) is 31.5 Å². The van der Waals surface area contributed by atoms with E-state index in [0.717, 1.165) is 11.0 Å². The molecule has 12 heteroatoms. The second kappa shape index (κ2) is 8.54. The Morgan fingerprint density at radius 2 is 2.07 bits per heavy atom. The van der Waals surface area contributed by atoms with Crippen LogP contribution in [0.25, 0.3) is 10.9 Å². The number of aromatic nitrogens is 2. The van der Waals surface area contributed by atoms with Crippen molar-refractivity contribution in [1.29, 1.82) is 0 Å². The number of H-pyrrole nitrogens is 1. The number of nitrogens with two attached hydrogens (primary N) is 1. The number of hydrogen-bond acceptors (Lipinski definition) is 4. The molecule has 1 fully saturated rings. The van der Waals surface area contributed by atoms with Crippen LogP contribution in [0.5, 0.6) is 0 Å². The molecule has 0 saturated carbocycles. The monoisotopic (exact) mass is 433 g/mol. The number of hydrogen-bond donors (Lipinski definition) is 3.